The van der Waals surface area contributed by atoms with Crippen LogP contribution in [0.5, 0.6) is 5.75 Å². The molecule has 3 aromatic rings. The Labute approximate surface area is 142 Å². The number of hydrogen-bond acceptors (Lipinski definition) is 5. The van der Waals surface area contributed by atoms with E-state index in [0.29, 0.717) is 28.6 Å². The van der Waals surface area contributed by atoms with Crippen LogP contribution in [0.3, 0.4) is 0 Å². The molecule has 0 spiro atoms. The van der Waals surface area contributed by atoms with Gasteiger partial charge in [-0.1, -0.05) is 0 Å². The van der Waals surface area contributed by atoms with Crippen LogP contribution in [0.15, 0.2) is 47.1 Å². The summed E-state index contributed by atoms with van der Waals surface area (Å²) in [6.45, 7) is 1.67. The zero-order chi connectivity index (χ0) is 17.4. The van der Waals surface area contributed by atoms with E-state index in [1.54, 1.807) is 49.6 Å². The maximum absolute atomic E-state index is 12.3. The highest BCUT2D eigenvalue weighted by Crippen LogP contribution is 2.32. The largest absolute Gasteiger partial charge is 0.479 e. The molecular formula is C17H14N4O4. The van der Waals surface area contributed by atoms with Crippen LogP contribution >= 0.6 is 0 Å². The summed E-state index contributed by atoms with van der Waals surface area (Å²) >= 11 is 0. The number of hydrogen-bond donors (Lipinski definition) is 3. The number of furan rings is 1. The second-order valence-corrected chi connectivity index (χ2v) is 5.56. The van der Waals surface area contributed by atoms with E-state index in [0.717, 1.165) is 0 Å². The number of carbonyl (C=O) groups is 2. The smallest absolute Gasteiger partial charge is 0.276 e. The number of ether oxygens (including phenoxy) is 1. The molecule has 0 radical (unpaired) electrons. The topological polar surface area (TPSA) is 109 Å². The van der Waals surface area contributed by atoms with Crippen molar-refractivity contribution in [3.8, 4) is 17.2 Å². The first-order chi connectivity index (χ1) is 12.1. The van der Waals surface area contributed by atoms with Crippen molar-refractivity contribution in [3.63, 3.8) is 0 Å². The van der Waals surface area contributed by atoms with Gasteiger partial charge in [0.2, 0.25) is 0 Å². The third-order valence-electron chi connectivity index (χ3n) is 3.77. The molecule has 0 saturated heterocycles. The molecule has 0 fully saturated rings. The Balaban J connectivity index is 1.52. The number of nitrogens with zero attached hydrogens (tertiary/aromatic N) is 1. The third kappa shape index (κ3) is 2.85. The predicted molar refractivity (Wildman–Crippen MR) is 89.4 cm³/mol. The van der Waals surface area contributed by atoms with Crippen LogP contribution in [0.2, 0.25) is 0 Å². The number of rotatable bonds is 3. The summed E-state index contributed by atoms with van der Waals surface area (Å²) < 4.78 is 10.7. The van der Waals surface area contributed by atoms with Crippen LogP contribution in [-0.2, 0) is 4.79 Å². The second kappa shape index (κ2) is 5.82. The van der Waals surface area contributed by atoms with E-state index in [4.69, 9.17) is 9.15 Å². The van der Waals surface area contributed by atoms with Gasteiger partial charge in [0.1, 0.15) is 11.4 Å². The number of anilines is 2. The summed E-state index contributed by atoms with van der Waals surface area (Å²) in [7, 11) is 0. The lowest BCUT2D eigenvalue weighted by Gasteiger charge is -2.23. The highest BCUT2D eigenvalue weighted by atomic mass is 16.5. The molecule has 1 aliphatic rings. The molecule has 3 N–H and O–H groups in total. The molecule has 1 atom stereocenters. The summed E-state index contributed by atoms with van der Waals surface area (Å²) in [4.78, 5) is 24.0. The zero-order valence-electron chi connectivity index (χ0n) is 13.2. The van der Waals surface area contributed by atoms with E-state index in [-0.39, 0.29) is 17.5 Å². The fourth-order valence-corrected chi connectivity index (χ4v) is 2.48. The Bertz CT molecular complexity index is 945. The monoisotopic (exact) mass is 338 g/mol. The van der Waals surface area contributed by atoms with Gasteiger partial charge in [-0.15, -0.1) is 0 Å². The van der Waals surface area contributed by atoms with Gasteiger partial charge in [0, 0.05) is 11.8 Å². The number of fused-ring (bicyclic) bond motifs is 1. The fraction of sp³-hybridized carbons (Fsp3) is 0.118. The summed E-state index contributed by atoms with van der Waals surface area (Å²) in [5.74, 6) is 0.538. The van der Waals surface area contributed by atoms with Crippen molar-refractivity contribution in [2.24, 2.45) is 0 Å². The van der Waals surface area contributed by atoms with Gasteiger partial charge >= 0.3 is 0 Å². The van der Waals surface area contributed by atoms with Gasteiger partial charge in [-0.3, -0.25) is 14.7 Å². The Hall–Kier alpha value is -3.55. The molecule has 8 nitrogen and oxygen atoms in total. The number of aromatic nitrogens is 2. The summed E-state index contributed by atoms with van der Waals surface area (Å²) in [5.41, 5.74) is 1.86. The maximum atomic E-state index is 12.3. The molecule has 0 saturated carbocycles. The maximum Gasteiger partial charge on any atom is 0.276 e. The van der Waals surface area contributed by atoms with E-state index in [2.05, 4.69) is 20.8 Å². The normalized spacial score (nSPS) is 15.9. The van der Waals surface area contributed by atoms with Gasteiger partial charge in [0.25, 0.3) is 11.8 Å². The lowest BCUT2D eigenvalue weighted by atomic mass is 10.2. The lowest BCUT2D eigenvalue weighted by molar-refractivity contribution is -0.122. The van der Waals surface area contributed by atoms with Crippen LogP contribution in [0, 0.1) is 0 Å². The van der Waals surface area contributed by atoms with Crippen molar-refractivity contribution < 1.29 is 18.7 Å². The molecule has 0 aliphatic carbocycles. The van der Waals surface area contributed by atoms with Gasteiger partial charge in [0.15, 0.2) is 17.6 Å². The second-order valence-electron chi connectivity index (χ2n) is 5.56. The van der Waals surface area contributed by atoms with E-state index in [1.165, 1.54) is 0 Å². The van der Waals surface area contributed by atoms with Gasteiger partial charge in [0.05, 0.1) is 12.0 Å². The molecule has 1 aromatic carbocycles. The minimum atomic E-state index is -0.544. The van der Waals surface area contributed by atoms with Crippen LogP contribution in [0.1, 0.15) is 17.4 Å². The molecule has 2 amide bonds. The van der Waals surface area contributed by atoms with Crippen LogP contribution in [0.25, 0.3) is 11.5 Å². The predicted octanol–water partition coefficient (Wildman–Crippen LogP) is 2.64. The number of aromatic amines is 1. The molecule has 0 unspecified atom stereocenters. The first-order valence-corrected chi connectivity index (χ1v) is 7.62. The van der Waals surface area contributed by atoms with E-state index >= 15 is 0 Å². The molecular weight excluding hydrogens is 324 g/mol. The van der Waals surface area contributed by atoms with Gasteiger partial charge in [-0.25, -0.2) is 0 Å². The summed E-state index contributed by atoms with van der Waals surface area (Å²) in [5, 5.41) is 12.2. The van der Waals surface area contributed by atoms with Crippen LogP contribution in [0.4, 0.5) is 11.4 Å². The average molecular weight is 338 g/mol. The molecule has 3 heterocycles. The van der Waals surface area contributed by atoms with Crippen molar-refractivity contribution in [2.75, 3.05) is 10.6 Å². The fourth-order valence-electron chi connectivity index (χ4n) is 2.48. The first kappa shape index (κ1) is 15.0. The zero-order valence-corrected chi connectivity index (χ0v) is 13.2. The van der Waals surface area contributed by atoms with Gasteiger partial charge in [-0.05, 0) is 37.3 Å². The Morgan fingerprint density at radius 2 is 2.16 bits per heavy atom. The molecule has 8 heteroatoms. The number of benzene rings is 1. The lowest BCUT2D eigenvalue weighted by Crippen LogP contribution is -2.34. The number of carbonyl (C=O) groups excluding carboxylic acids is 2. The van der Waals surface area contributed by atoms with Crippen LogP contribution in [-0.4, -0.2) is 28.1 Å². The highest BCUT2D eigenvalue weighted by Gasteiger charge is 2.24. The standard InChI is InChI=1S/C17H14N4O4/c1-9-16(22)19-11-7-10(4-5-15(11)25-9)18-17(23)13-8-12(20-21-13)14-3-2-6-24-14/h2-9H,1H3,(H,18,23)(H,19,22)(H,20,21)/t9-/m1/s1. The summed E-state index contributed by atoms with van der Waals surface area (Å²) in [6, 6.07) is 10.1. The molecule has 4 rings (SSSR count). The highest BCUT2D eigenvalue weighted by molar-refractivity contribution is 6.04. The van der Waals surface area contributed by atoms with Crippen molar-refractivity contribution in [1.82, 2.24) is 10.2 Å². The summed E-state index contributed by atoms with van der Waals surface area (Å²) in [6.07, 6.45) is 0.997. The number of H-pyrrole nitrogens is 1. The van der Waals surface area contributed by atoms with E-state index < -0.39 is 6.10 Å². The number of amides is 2. The minimum absolute atomic E-state index is 0.220. The number of nitrogens with one attached hydrogen (secondary N) is 3. The molecule has 0 bridgehead atoms. The van der Waals surface area contributed by atoms with Gasteiger partial charge in [-0.2, -0.15) is 5.10 Å². The van der Waals surface area contributed by atoms with E-state index in [9.17, 15) is 9.59 Å². The van der Waals surface area contributed by atoms with Crippen molar-refractivity contribution in [1.29, 1.82) is 0 Å². The average Bonchev–Trinajstić information content (AvgIpc) is 3.27. The SMILES string of the molecule is C[C@H]1Oc2ccc(NC(=O)c3cc(-c4ccco4)[nH]n3)cc2NC1=O. The van der Waals surface area contributed by atoms with Crippen molar-refractivity contribution in [2.45, 2.75) is 13.0 Å². The molecule has 25 heavy (non-hydrogen) atoms. The van der Waals surface area contributed by atoms with Crippen molar-refractivity contribution >= 4 is 23.2 Å². The Morgan fingerprint density at radius 3 is 2.96 bits per heavy atom. The molecule has 2 aromatic heterocycles. The molecule has 126 valence electrons. The minimum Gasteiger partial charge on any atom is -0.479 e. The quantitative estimate of drug-likeness (QED) is 0.680. The third-order valence-corrected chi connectivity index (χ3v) is 3.77. The molecule has 1 aliphatic heterocycles. The first-order valence-electron chi connectivity index (χ1n) is 7.62. The van der Waals surface area contributed by atoms with Crippen molar-refractivity contribution in [3.05, 3.63) is 48.4 Å². The van der Waals surface area contributed by atoms with Crippen LogP contribution < -0.4 is 15.4 Å². The van der Waals surface area contributed by atoms with E-state index in [1.807, 2.05) is 0 Å². The Morgan fingerprint density at radius 1 is 1.28 bits per heavy atom. The van der Waals surface area contributed by atoms with Gasteiger partial charge < -0.3 is 19.8 Å². The Kier molecular flexibility index (Phi) is 3.50.